The first-order valence-corrected chi connectivity index (χ1v) is 10.7. The van der Waals surface area contributed by atoms with E-state index in [0.29, 0.717) is 13.0 Å². The Hall–Kier alpha value is -0.830. The topological polar surface area (TPSA) is 38.3 Å². The molecule has 0 rings (SSSR count). The fourth-order valence-electron chi connectivity index (χ4n) is 2.71. The van der Waals surface area contributed by atoms with Gasteiger partial charge in [0.2, 0.25) is 0 Å². The summed E-state index contributed by atoms with van der Waals surface area (Å²) < 4.78 is 5.20. The van der Waals surface area contributed by atoms with Crippen LogP contribution in [0, 0.1) is 0 Å². The van der Waals surface area contributed by atoms with Crippen LogP contribution in [0.1, 0.15) is 104 Å². The van der Waals surface area contributed by atoms with Gasteiger partial charge in [-0.25, -0.2) is 0 Å². The van der Waals surface area contributed by atoms with Crippen molar-refractivity contribution >= 4 is 5.97 Å². The molecular weight excluding hydrogens is 310 g/mol. The van der Waals surface area contributed by atoms with Gasteiger partial charge in [-0.05, 0) is 46.1 Å². The molecule has 0 heterocycles. The molecule has 0 fully saturated rings. The van der Waals surface area contributed by atoms with E-state index < -0.39 is 0 Å². The van der Waals surface area contributed by atoms with E-state index in [2.05, 4.69) is 24.4 Å². The van der Waals surface area contributed by atoms with Gasteiger partial charge in [0, 0.05) is 12.5 Å². The van der Waals surface area contributed by atoms with Gasteiger partial charge < -0.3 is 10.1 Å². The van der Waals surface area contributed by atoms with Gasteiger partial charge in [-0.15, -0.1) is 0 Å². The zero-order valence-electron chi connectivity index (χ0n) is 17.2. The molecule has 3 nitrogen and oxygen atoms in total. The molecule has 1 unspecified atom stereocenters. The fraction of sp³-hybridized carbons (Fsp3) is 0.864. The molecular formula is C22H43NO2. The lowest BCUT2D eigenvalue weighted by Gasteiger charge is -2.10. The molecule has 0 spiro atoms. The summed E-state index contributed by atoms with van der Waals surface area (Å²) in [6, 6.07) is 0.234. The smallest absolute Gasteiger partial charge is 0.305 e. The van der Waals surface area contributed by atoms with Crippen LogP contribution in [0.2, 0.25) is 0 Å². The Bertz CT molecular complexity index is 315. The average molecular weight is 354 g/mol. The van der Waals surface area contributed by atoms with Crippen molar-refractivity contribution in [3.63, 3.8) is 0 Å². The molecule has 0 aliphatic rings. The summed E-state index contributed by atoms with van der Waals surface area (Å²) in [5.74, 6) is -0.0558. The summed E-state index contributed by atoms with van der Waals surface area (Å²) in [7, 11) is 1.88. The first-order chi connectivity index (χ1) is 12.2. The summed E-state index contributed by atoms with van der Waals surface area (Å²) in [6.07, 6.45) is 21.9. The number of rotatable bonds is 18. The number of carbonyl (C=O) groups excluding carboxylic acids is 1. The second kappa shape index (κ2) is 19.5. The van der Waals surface area contributed by atoms with Gasteiger partial charge in [0.1, 0.15) is 6.61 Å². The summed E-state index contributed by atoms with van der Waals surface area (Å²) >= 11 is 0. The minimum atomic E-state index is -0.0558. The van der Waals surface area contributed by atoms with E-state index in [0.717, 1.165) is 12.8 Å². The van der Waals surface area contributed by atoms with Crippen molar-refractivity contribution in [2.45, 2.75) is 110 Å². The molecule has 3 heteroatoms. The highest BCUT2D eigenvalue weighted by atomic mass is 16.5. The second-order valence-corrected chi connectivity index (χ2v) is 7.21. The zero-order chi connectivity index (χ0) is 18.6. The van der Waals surface area contributed by atoms with Gasteiger partial charge in [-0.2, -0.15) is 0 Å². The zero-order valence-corrected chi connectivity index (χ0v) is 17.2. The third-order valence-corrected chi connectivity index (χ3v) is 4.63. The Labute approximate surface area is 157 Å². The normalized spacial score (nSPS) is 12.6. The number of hydrogen-bond donors (Lipinski definition) is 1. The standard InChI is InChI=1S/C22H43NO2/c1-4-5-6-7-8-9-10-11-12-13-14-15-16-17-18-19-22(24)25-20-21(2)23-3/h11-12,21,23H,4-10,13-20H2,1-3H3/b12-11-. The predicted molar refractivity (Wildman–Crippen MR) is 109 cm³/mol. The molecule has 148 valence electrons. The van der Waals surface area contributed by atoms with Crippen molar-refractivity contribution in [1.82, 2.24) is 5.32 Å². The maximum Gasteiger partial charge on any atom is 0.305 e. The highest BCUT2D eigenvalue weighted by Crippen LogP contribution is 2.10. The maximum absolute atomic E-state index is 11.5. The van der Waals surface area contributed by atoms with Crippen LogP contribution in [0.4, 0.5) is 0 Å². The van der Waals surface area contributed by atoms with Crippen molar-refractivity contribution in [2.24, 2.45) is 0 Å². The van der Waals surface area contributed by atoms with Gasteiger partial charge in [-0.3, -0.25) is 4.79 Å². The third-order valence-electron chi connectivity index (χ3n) is 4.63. The van der Waals surface area contributed by atoms with Crippen LogP contribution in [0.3, 0.4) is 0 Å². The summed E-state index contributed by atoms with van der Waals surface area (Å²) in [5, 5.41) is 3.06. The Balaban J connectivity index is 3.22. The highest BCUT2D eigenvalue weighted by Gasteiger charge is 2.05. The lowest BCUT2D eigenvalue weighted by Crippen LogP contribution is -2.28. The van der Waals surface area contributed by atoms with Crippen molar-refractivity contribution in [3.8, 4) is 0 Å². The van der Waals surface area contributed by atoms with Crippen LogP contribution < -0.4 is 5.32 Å². The highest BCUT2D eigenvalue weighted by molar-refractivity contribution is 5.69. The van der Waals surface area contributed by atoms with Gasteiger partial charge in [0.25, 0.3) is 0 Å². The number of nitrogens with one attached hydrogen (secondary N) is 1. The van der Waals surface area contributed by atoms with E-state index in [1.807, 2.05) is 14.0 Å². The van der Waals surface area contributed by atoms with Crippen LogP contribution >= 0.6 is 0 Å². The number of unbranched alkanes of at least 4 members (excludes halogenated alkanes) is 11. The van der Waals surface area contributed by atoms with E-state index in [1.165, 1.54) is 70.6 Å². The number of allylic oxidation sites excluding steroid dienone is 2. The molecule has 0 amide bonds. The van der Waals surface area contributed by atoms with Crippen molar-refractivity contribution < 1.29 is 9.53 Å². The lowest BCUT2D eigenvalue weighted by molar-refractivity contribution is -0.144. The van der Waals surface area contributed by atoms with E-state index in [-0.39, 0.29) is 12.0 Å². The van der Waals surface area contributed by atoms with Crippen LogP contribution in [0.25, 0.3) is 0 Å². The van der Waals surface area contributed by atoms with Gasteiger partial charge in [-0.1, -0.05) is 70.4 Å². The first-order valence-electron chi connectivity index (χ1n) is 10.7. The molecule has 0 aromatic heterocycles. The van der Waals surface area contributed by atoms with Crippen LogP contribution in [0.15, 0.2) is 12.2 Å². The molecule has 0 saturated carbocycles. The Morgan fingerprint density at radius 3 is 1.96 bits per heavy atom. The predicted octanol–water partition coefficient (Wildman–Crippen LogP) is 6.18. The van der Waals surface area contributed by atoms with Crippen molar-refractivity contribution in [2.75, 3.05) is 13.7 Å². The fourth-order valence-corrected chi connectivity index (χ4v) is 2.71. The molecule has 0 aromatic carbocycles. The molecule has 1 N–H and O–H groups in total. The van der Waals surface area contributed by atoms with Gasteiger partial charge >= 0.3 is 5.97 Å². The largest absolute Gasteiger partial charge is 0.464 e. The summed E-state index contributed by atoms with van der Waals surface area (Å²) in [6.45, 7) is 4.75. The number of ether oxygens (including phenoxy) is 1. The van der Waals surface area contributed by atoms with Crippen LogP contribution in [-0.2, 0) is 9.53 Å². The third kappa shape index (κ3) is 19.3. The number of hydrogen-bond acceptors (Lipinski definition) is 3. The van der Waals surface area contributed by atoms with Gasteiger partial charge in [0.15, 0.2) is 0 Å². The number of esters is 1. The Morgan fingerprint density at radius 2 is 1.40 bits per heavy atom. The molecule has 0 aliphatic carbocycles. The molecule has 0 aliphatic heterocycles. The number of carbonyl (C=O) groups is 1. The Kier molecular flexibility index (Phi) is 18.8. The SMILES string of the molecule is CCCCCCCC/C=C\CCCCCCCC(=O)OCC(C)NC. The van der Waals surface area contributed by atoms with E-state index in [9.17, 15) is 4.79 Å². The molecule has 0 aromatic rings. The molecule has 0 radical (unpaired) electrons. The Morgan fingerprint density at radius 1 is 0.880 bits per heavy atom. The van der Waals surface area contributed by atoms with Crippen molar-refractivity contribution in [1.29, 1.82) is 0 Å². The maximum atomic E-state index is 11.5. The van der Waals surface area contributed by atoms with Crippen LogP contribution in [0.5, 0.6) is 0 Å². The van der Waals surface area contributed by atoms with Gasteiger partial charge in [0.05, 0.1) is 0 Å². The van der Waals surface area contributed by atoms with E-state index in [4.69, 9.17) is 4.74 Å². The van der Waals surface area contributed by atoms with E-state index >= 15 is 0 Å². The molecule has 1 atom stereocenters. The monoisotopic (exact) mass is 353 g/mol. The lowest BCUT2D eigenvalue weighted by atomic mass is 10.1. The quantitative estimate of drug-likeness (QED) is 0.182. The first kappa shape index (κ1) is 24.2. The number of likely N-dealkylation sites (N-methyl/N-ethyl adjacent to an activating group) is 1. The second-order valence-electron chi connectivity index (χ2n) is 7.21. The minimum absolute atomic E-state index is 0.0558. The van der Waals surface area contributed by atoms with Crippen LogP contribution in [-0.4, -0.2) is 25.7 Å². The molecule has 0 bridgehead atoms. The molecule has 0 saturated heterocycles. The summed E-state index contributed by atoms with van der Waals surface area (Å²) in [5.41, 5.74) is 0. The van der Waals surface area contributed by atoms with Crippen molar-refractivity contribution in [3.05, 3.63) is 12.2 Å². The average Bonchev–Trinajstić information content (AvgIpc) is 2.62. The van der Waals surface area contributed by atoms with E-state index in [1.54, 1.807) is 0 Å². The minimum Gasteiger partial charge on any atom is -0.464 e. The summed E-state index contributed by atoms with van der Waals surface area (Å²) in [4.78, 5) is 11.5. The molecule has 25 heavy (non-hydrogen) atoms.